The van der Waals surface area contributed by atoms with Crippen molar-refractivity contribution >= 4 is 5.91 Å². The Morgan fingerprint density at radius 3 is 2.81 bits per heavy atom. The highest BCUT2D eigenvalue weighted by Gasteiger charge is 2.17. The third-order valence-electron chi connectivity index (χ3n) is 2.38. The average Bonchev–Trinajstić information content (AvgIpc) is 2.20. The average molecular weight is 224 g/mol. The van der Waals surface area contributed by atoms with Crippen molar-refractivity contribution in [3.05, 3.63) is 35.1 Å². The summed E-state index contributed by atoms with van der Waals surface area (Å²) < 4.78 is 13.6. The Labute approximate surface area is 94.8 Å². The number of benzene rings is 1. The Hall–Kier alpha value is -1.42. The molecule has 0 spiro atoms. The van der Waals surface area contributed by atoms with Crippen LogP contribution < -0.4 is 11.1 Å². The highest BCUT2D eigenvalue weighted by Crippen LogP contribution is 2.21. The Morgan fingerprint density at radius 1 is 1.56 bits per heavy atom. The molecule has 1 atom stereocenters. The molecule has 4 heteroatoms. The second kappa shape index (κ2) is 5.61. The third-order valence-corrected chi connectivity index (χ3v) is 2.38. The number of nitrogens with one attached hydrogen (secondary N) is 1. The predicted molar refractivity (Wildman–Crippen MR) is 61.4 cm³/mol. The number of rotatable bonds is 5. The standard InChI is InChI=1S/C12H17FN2O/c1-3-15-11(7-12(14)16)9-6-8(2)4-5-10(9)13/h4-6,11,15H,3,7H2,1-2H3,(H2,14,16). The normalized spacial score (nSPS) is 12.4. The van der Waals surface area contributed by atoms with Crippen molar-refractivity contribution in [1.29, 1.82) is 0 Å². The second-order valence-electron chi connectivity index (χ2n) is 3.81. The highest BCUT2D eigenvalue weighted by molar-refractivity contribution is 5.74. The van der Waals surface area contributed by atoms with Crippen molar-refractivity contribution in [2.24, 2.45) is 5.73 Å². The van der Waals surface area contributed by atoms with Gasteiger partial charge in [-0.25, -0.2) is 4.39 Å². The molecule has 3 N–H and O–H groups in total. The zero-order valence-electron chi connectivity index (χ0n) is 9.59. The number of hydrogen-bond acceptors (Lipinski definition) is 2. The van der Waals surface area contributed by atoms with E-state index in [1.165, 1.54) is 6.07 Å². The van der Waals surface area contributed by atoms with Crippen LogP contribution in [0.3, 0.4) is 0 Å². The van der Waals surface area contributed by atoms with Crippen LogP contribution in [-0.2, 0) is 4.79 Å². The van der Waals surface area contributed by atoms with Crippen molar-refractivity contribution in [2.75, 3.05) is 6.54 Å². The van der Waals surface area contributed by atoms with Gasteiger partial charge in [-0.3, -0.25) is 4.79 Å². The topological polar surface area (TPSA) is 55.1 Å². The summed E-state index contributed by atoms with van der Waals surface area (Å²) in [5.74, 6) is -0.746. The maximum atomic E-state index is 13.6. The molecule has 1 aromatic rings. The van der Waals surface area contributed by atoms with E-state index < -0.39 is 5.91 Å². The molecular formula is C12H17FN2O. The summed E-state index contributed by atoms with van der Waals surface area (Å²) in [6.07, 6.45) is 0.105. The molecule has 3 nitrogen and oxygen atoms in total. The van der Waals surface area contributed by atoms with Crippen LogP contribution in [0.15, 0.2) is 18.2 Å². The first kappa shape index (κ1) is 12.6. The fourth-order valence-corrected chi connectivity index (χ4v) is 1.67. The molecule has 0 fully saturated rings. The van der Waals surface area contributed by atoms with Gasteiger partial charge in [0.1, 0.15) is 5.82 Å². The van der Waals surface area contributed by atoms with Gasteiger partial charge in [0.2, 0.25) is 5.91 Å². The summed E-state index contributed by atoms with van der Waals surface area (Å²) >= 11 is 0. The van der Waals surface area contributed by atoms with Gasteiger partial charge in [0.05, 0.1) is 0 Å². The number of aryl methyl sites for hydroxylation is 1. The largest absolute Gasteiger partial charge is 0.370 e. The highest BCUT2D eigenvalue weighted by atomic mass is 19.1. The molecule has 1 unspecified atom stereocenters. The van der Waals surface area contributed by atoms with Crippen LogP contribution in [0.2, 0.25) is 0 Å². The first-order valence-corrected chi connectivity index (χ1v) is 5.32. The van der Waals surface area contributed by atoms with Gasteiger partial charge >= 0.3 is 0 Å². The van der Waals surface area contributed by atoms with Crippen molar-refractivity contribution < 1.29 is 9.18 Å². The monoisotopic (exact) mass is 224 g/mol. The van der Waals surface area contributed by atoms with E-state index in [4.69, 9.17) is 5.73 Å². The molecule has 0 saturated carbocycles. The second-order valence-corrected chi connectivity index (χ2v) is 3.81. The molecule has 0 radical (unpaired) electrons. The summed E-state index contributed by atoms with van der Waals surface area (Å²) in [4.78, 5) is 10.9. The minimum Gasteiger partial charge on any atom is -0.370 e. The maximum Gasteiger partial charge on any atom is 0.219 e. The molecule has 0 aromatic heterocycles. The lowest BCUT2D eigenvalue weighted by Crippen LogP contribution is -2.27. The summed E-state index contributed by atoms with van der Waals surface area (Å²) in [5.41, 5.74) is 6.61. The van der Waals surface area contributed by atoms with E-state index in [0.717, 1.165) is 5.56 Å². The van der Waals surface area contributed by atoms with Crippen molar-refractivity contribution in [1.82, 2.24) is 5.32 Å². The van der Waals surface area contributed by atoms with Gasteiger partial charge in [0.25, 0.3) is 0 Å². The van der Waals surface area contributed by atoms with E-state index in [9.17, 15) is 9.18 Å². The molecule has 1 rings (SSSR count). The lowest BCUT2D eigenvalue weighted by Gasteiger charge is -2.17. The zero-order chi connectivity index (χ0) is 12.1. The number of halogens is 1. The van der Waals surface area contributed by atoms with Gasteiger partial charge in [-0.05, 0) is 19.5 Å². The molecule has 88 valence electrons. The number of carbonyl (C=O) groups excluding carboxylic acids is 1. The van der Waals surface area contributed by atoms with E-state index in [0.29, 0.717) is 12.1 Å². The minimum absolute atomic E-state index is 0.105. The molecule has 0 aliphatic rings. The molecule has 0 saturated heterocycles. The van der Waals surface area contributed by atoms with Crippen LogP contribution in [-0.4, -0.2) is 12.5 Å². The van der Waals surface area contributed by atoms with Crippen molar-refractivity contribution in [3.8, 4) is 0 Å². The van der Waals surface area contributed by atoms with E-state index in [1.54, 1.807) is 12.1 Å². The molecule has 0 aliphatic heterocycles. The van der Waals surface area contributed by atoms with Crippen molar-refractivity contribution in [3.63, 3.8) is 0 Å². The Bertz CT molecular complexity index is 379. The SMILES string of the molecule is CCNC(CC(N)=O)c1cc(C)ccc1F. The number of nitrogens with two attached hydrogens (primary N) is 1. The Morgan fingerprint density at radius 2 is 2.25 bits per heavy atom. The van der Waals surface area contributed by atoms with Crippen LogP contribution in [0.5, 0.6) is 0 Å². The lowest BCUT2D eigenvalue weighted by atomic mass is 10.0. The summed E-state index contributed by atoms with van der Waals surface area (Å²) in [6, 6.07) is 4.51. The predicted octanol–water partition coefficient (Wildman–Crippen LogP) is 1.66. The summed E-state index contributed by atoms with van der Waals surface area (Å²) in [5, 5.41) is 3.06. The van der Waals surface area contributed by atoms with Gasteiger partial charge in [-0.1, -0.05) is 24.6 Å². The smallest absolute Gasteiger partial charge is 0.219 e. The molecule has 16 heavy (non-hydrogen) atoms. The molecule has 1 aromatic carbocycles. The summed E-state index contributed by atoms with van der Waals surface area (Å²) in [7, 11) is 0. The number of amides is 1. The van der Waals surface area contributed by atoms with Gasteiger partial charge in [-0.15, -0.1) is 0 Å². The Kier molecular flexibility index (Phi) is 4.43. The van der Waals surface area contributed by atoms with Crippen LogP contribution >= 0.6 is 0 Å². The molecule has 0 heterocycles. The van der Waals surface area contributed by atoms with Crippen LogP contribution in [0.4, 0.5) is 4.39 Å². The van der Waals surface area contributed by atoms with E-state index in [-0.39, 0.29) is 18.3 Å². The van der Waals surface area contributed by atoms with E-state index in [2.05, 4.69) is 5.32 Å². The van der Waals surface area contributed by atoms with Crippen LogP contribution in [0.1, 0.15) is 30.5 Å². The maximum absolute atomic E-state index is 13.6. The fourth-order valence-electron chi connectivity index (χ4n) is 1.67. The van der Waals surface area contributed by atoms with Gasteiger partial charge < -0.3 is 11.1 Å². The van der Waals surface area contributed by atoms with Crippen molar-refractivity contribution in [2.45, 2.75) is 26.3 Å². The van der Waals surface area contributed by atoms with Gasteiger partial charge in [0, 0.05) is 18.0 Å². The third kappa shape index (κ3) is 3.31. The molecule has 0 aliphatic carbocycles. The minimum atomic E-state index is -0.438. The zero-order valence-corrected chi connectivity index (χ0v) is 9.59. The number of primary amides is 1. The number of carbonyl (C=O) groups is 1. The van der Waals surface area contributed by atoms with Crippen LogP contribution in [0.25, 0.3) is 0 Å². The van der Waals surface area contributed by atoms with Crippen LogP contribution in [0, 0.1) is 12.7 Å². The molecule has 0 bridgehead atoms. The van der Waals surface area contributed by atoms with Gasteiger partial charge in [-0.2, -0.15) is 0 Å². The molecular weight excluding hydrogens is 207 g/mol. The van der Waals surface area contributed by atoms with E-state index >= 15 is 0 Å². The summed E-state index contributed by atoms with van der Waals surface area (Å²) in [6.45, 7) is 4.45. The quantitative estimate of drug-likeness (QED) is 0.799. The Balaban J connectivity index is 2.99. The number of hydrogen-bond donors (Lipinski definition) is 2. The lowest BCUT2D eigenvalue weighted by molar-refractivity contribution is -0.118. The van der Waals surface area contributed by atoms with E-state index in [1.807, 2.05) is 13.8 Å². The first-order chi connectivity index (χ1) is 7.54. The van der Waals surface area contributed by atoms with Gasteiger partial charge in [0.15, 0.2) is 0 Å². The first-order valence-electron chi connectivity index (χ1n) is 5.32. The fraction of sp³-hybridized carbons (Fsp3) is 0.417. The molecule has 1 amide bonds.